The molecule has 2 rings (SSSR count). The third-order valence-electron chi connectivity index (χ3n) is 3.53. The molecular weight excluding hydrogens is 326 g/mol. The highest BCUT2D eigenvalue weighted by atomic mass is 16.6. The molecule has 0 aromatic heterocycles. The largest absolute Gasteiger partial charge is 0.493 e. The molecule has 0 saturated heterocycles. The van der Waals surface area contributed by atoms with Gasteiger partial charge in [-0.2, -0.15) is 0 Å². The maximum absolute atomic E-state index is 12.0. The SMILES string of the molecule is COc1cc(C)c(NCC(=O)Nc2ccc([N+](=O)[O-])cc2)cc1OC. The summed E-state index contributed by atoms with van der Waals surface area (Å²) < 4.78 is 10.5. The van der Waals surface area contributed by atoms with Crippen LogP contribution in [0.2, 0.25) is 0 Å². The zero-order chi connectivity index (χ0) is 18.4. The van der Waals surface area contributed by atoms with Crippen LogP contribution >= 0.6 is 0 Å². The van der Waals surface area contributed by atoms with E-state index in [9.17, 15) is 14.9 Å². The minimum absolute atomic E-state index is 0.0305. The Morgan fingerprint density at radius 3 is 2.28 bits per heavy atom. The summed E-state index contributed by atoms with van der Waals surface area (Å²) in [5.74, 6) is 0.898. The second-order valence-corrected chi connectivity index (χ2v) is 5.23. The molecule has 0 saturated carbocycles. The number of benzene rings is 2. The summed E-state index contributed by atoms with van der Waals surface area (Å²) in [4.78, 5) is 22.1. The predicted molar refractivity (Wildman–Crippen MR) is 94.5 cm³/mol. The maximum atomic E-state index is 12.0. The van der Waals surface area contributed by atoms with E-state index in [1.54, 1.807) is 13.2 Å². The Bertz CT molecular complexity index is 775. The summed E-state index contributed by atoms with van der Waals surface area (Å²) in [6.07, 6.45) is 0. The summed E-state index contributed by atoms with van der Waals surface area (Å²) in [6.45, 7) is 1.92. The van der Waals surface area contributed by atoms with Gasteiger partial charge in [0.2, 0.25) is 5.91 Å². The van der Waals surface area contributed by atoms with E-state index >= 15 is 0 Å². The smallest absolute Gasteiger partial charge is 0.269 e. The van der Waals surface area contributed by atoms with Crippen LogP contribution in [0.25, 0.3) is 0 Å². The van der Waals surface area contributed by atoms with Crippen molar-refractivity contribution in [3.05, 3.63) is 52.1 Å². The lowest BCUT2D eigenvalue weighted by Crippen LogP contribution is -2.22. The molecule has 2 aromatic rings. The number of carbonyl (C=O) groups excluding carboxylic acids is 1. The van der Waals surface area contributed by atoms with Crippen molar-refractivity contribution in [2.45, 2.75) is 6.92 Å². The van der Waals surface area contributed by atoms with Gasteiger partial charge in [-0.1, -0.05) is 0 Å². The lowest BCUT2D eigenvalue weighted by Gasteiger charge is -2.14. The molecule has 0 bridgehead atoms. The number of methoxy groups -OCH3 is 2. The first-order valence-corrected chi connectivity index (χ1v) is 7.45. The Balaban J connectivity index is 1.99. The molecule has 0 heterocycles. The number of carbonyl (C=O) groups is 1. The van der Waals surface area contributed by atoms with Gasteiger partial charge in [0.25, 0.3) is 5.69 Å². The molecule has 132 valence electrons. The average Bonchev–Trinajstić information content (AvgIpc) is 2.60. The van der Waals surface area contributed by atoms with Crippen LogP contribution in [0.1, 0.15) is 5.56 Å². The number of nitro benzene ring substituents is 1. The van der Waals surface area contributed by atoms with E-state index in [0.717, 1.165) is 11.3 Å². The summed E-state index contributed by atoms with van der Waals surface area (Å²) >= 11 is 0. The first-order valence-electron chi connectivity index (χ1n) is 7.45. The number of amides is 1. The lowest BCUT2D eigenvalue weighted by atomic mass is 10.1. The van der Waals surface area contributed by atoms with Crippen molar-refractivity contribution in [2.24, 2.45) is 0 Å². The van der Waals surface area contributed by atoms with E-state index in [4.69, 9.17) is 9.47 Å². The van der Waals surface area contributed by atoms with Crippen LogP contribution in [-0.2, 0) is 4.79 Å². The zero-order valence-corrected chi connectivity index (χ0v) is 14.2. The van der Waals surface area contributed by atoms with Gasteiger partial charge in [0.1, 0.15) is 0 Å². The van der Waals surface area contributed by atoms with E-state index in [0.29, 0.717) is 17.2 Å². The topological polar surface area (TPSA) is 103 Å². The van der Waals surface area contributed by atoms with Gasteiger partial charge < -0.3 is 20.1 Å². The number of hydrogen-bond acceptors (Lipinski definition) is 6. The minimum Gasteiger partial charge on any atom is -0.493 e. The van der Waals surface area contributed by atoms with Crippen LogP contribution in [0.5, 0.6) is 11.5 Å². The fraction of sp³-hybridized carbons (Fsp3) is 0.235. The van der Waals surface area contributed by atoms with Gasteiger partial charge in [0.05, 0.1) is 25.7 Å². The zero-order valence-electron chi connectivity index (χ0n) is 14.2. The van der Waals surface area contributed by atoms with Crippen LogP contribution in [0, 0.1) is 17.0 Å². The van der Waals surface area contributed by atoms with E-state index in [1.165, 1.54) is 31.4 Å². The number of nitrogens with zero attached hydrogens (tertiary/aromatic N) is 1. The van der Waals surface area contributed by atoms with Crippen molar-refractivity contribution >= 4 is 23.0 Å². The summed E-state index contributed by atoms with van der Waals surface area (Å²) in [5.41, 5.74) is 2.11. The number of aryl methyl sites for hydroxylation is 1. The molecule has 0 radical (unpaired) electrons. The molecule has 1 amide bonds. The van der Waals surface area contributed by atoms with Gasteiger partial charge >= 0.3 is 0 Å². The number of ether oxygens (including phenoxy) is 2. The highest BCUT2D eigenvalue weighted by molar-refractivity contribution is 5.94. The number of nitro groups is 1. The van der Waals surface area contributed by atoms with Crippen LogP contribution in [-0.4, -0.2) is 31.6 Å². The number of non-ortho nitro benzene ring substituents is 1. The van der Waals surface area contributed by atoms with Crippen LogP contribution in [0.15, 0.2) is 36.4 Å². The fourth-order valence-corrected chi connectivity index (χ4v) is 2.22. The normalized spacial score (nSPS) is 10.0. The minimum atomic E-state index is -0.493. The van der Waals surface area contributed by atoms with Crippen molar-refractivity contribution in [3.8, 4) is 11.5 Å². The average molecular weight is 345 g/mol. The molecule has 0 unspecified atom stereocenters. The Morgan fingerprint density at radius 1 is 1.12 bits per heavy atom. The number of nitrogens with one attached hydrogen (secondary N) is 2. The van der Waals surface area contributed by atoms with Crippen LogP contribution in [0.4, 0.5) is 17.1 Å². The van der Waals surface area contributed by atoms with Crippen molar-refractivity contribution < 1.29 is 19.2 Å². The molecule has 2 aromatic carbocycles. The van der Waals surface area contributed by atoms with Gasteiger partial charge in [-0.3, -0.25) is 14.9 Å². The monoisotopic (exact) mass is 345 g/mol. The van der Waals surface area contributed by atoms with Crippen molar-refractivity contribution in [2.75, 3.05) is 31.4 Å². The first-order chi connectivity index (χ1) is 11.9. The van der Waals surface area contributed by atoms with Gasteiger partial charge in [-0.25, -0.2) is 0 Å². The highest BCUT2D eigenvalue weighted by Crippen LogP contribution is 2.32. The van der Waals surface area contributed by atoms with Gasteiger partial charge in [0.15, 0.2) is 11.5 Å². The number of hydrogen-bond donors (Lipinski definition) is 2. The molecule has 0 atom stereocenters. The molecule has 0 spiro atoms. The lowest BCUT2D eigenvalue weighted by molar-refractivity contribution is -0.384. The summed E-state index contributed by atoms with van der Waals surface area (Å²) in [7, 11) is 3.10. The number of anilines is 2. The van der Waals surface area contributed by atoms with E-state index in [-0.39, 0.29) is 18.1 Å². The van der Waals surface area contributed by atoms with Gasteiger partial charge in [-0.05, 0) is 30.7 Å². The fourth-order valence-electron chi connectivity index (χ4n) is 2.22. The van der Waals surface area contributed by atoms with Crippen molar-refractivity contribution in [1.82, 2.24) is 0 Å². The highest BCUT2D eigenvalue weighted by Gasteiger charge is 2.10. The quantitative estimate of drug-likeness (QED) is 0.591. The van der Waals surface area contributed by atoms with E-state index in [2.05, 4.69) is 10.6 Å². The first kappa shape index (κ1) is 18.1. The van der Waals surface area contributed by atoms with Crippen LogP contribution < -0.4 is 20.1 Å². The summed E-state index contributed by atoms with van der Waals surface area (Å²) in [5, 5.41) is 16.3. The Kier molecular flexibility index (Phi) is 5.78. The van der Waals surface area contributed by atoms with Crippen LogP contribution in [0.3, 0.4) is 0 Å². The third kappa shape index (κ3) is 4.60. The number of rotatable bonds is 7. The van der Waals surface area contributed by atoms with Crippen molar-refractivity contribution in [1.29, 1.82) is 0 Å². The molecule has 8 nitrogen and oxygen atoms in total. The predicted octanol–water partition coefficient (Wildman–Crippen LogP) is 2.97. The second-order valence-electron chi connectivity index (χ2n) is 5.23. The Labute approximate surface area is 144 Å². The Hall–Kier alpha value is -3.29. The molecule has 0 fully saturated rings. The molecule has 0 aliphatic heterocycles. The molecular formula is C17H19N3O5. The van der Waals surface area contributed by atoms with Gasteiger partial charge in [0, 0.05) is 29.6 Å². The van der Waals surface area contributed by atoms with Crippen molar-refractivity contribution in [3.63, 3.8) is 0 Å². The van der Waals surface area contributed by atoms with E-state index < -0.39 is 4.92 Å². The molecule has 0 aliphatic rings. The molecule has 25 heavy (non-hydrogen) atoms. The summed E-state index contributed by atoms with van der Waals surface area (Å²) in [6, 6.07) is 9.21. The van der Waals surface area contributed by atoms with E-state index in [1.807, 2.05) is 13.0 Å². The van der Waals surface area contributed by atoms with Gasteiger partial charge in [-0.15, -0.1) is 0 Å². The standard InChI is InChI=1S/C17H19N3O5/c1-11-8-15(24-2)16(25-3)9-14(11)18-10-17(21)19-12-4-6-13(7-5-12)20(22)23/h4-9,18H,10H2,1-3H3,(H,19,21). The molecule has 2 N–H and O–H groups in total. The third-order valence-corrected chi connectivity index (χ3v) is 3.53. The Morgan fingerprint density at radius 2 is 1.72 bits per heavy atom. The molecule has 0 aliphatic carbocycles. The second kappa shape index (κ2) is 8.00. The maximum Gasteiger partial charge on any atom is 0.269 e. The molecule has 8 heteroatoms.